The van der Waals surface area contributed by atoms with Crippen LogP contribution in [0.5, 0.6) is 0 Å². The summed E-state index contributed by atoms with van der Waals surface area (Å²) >= 11 is 0. The second-order valence-corrected chi connectivity index (χ2v) is 5.66. The summed E-state index contributed by atoms with van der Waals surface area (Å²) in [6.07, 6.45) is 1.39. The molecule has 2 amide bonds. The molecular formula is C12H20N2O3. The van der Waals surface area contributed by atoms with Crippen molar-refractivity contribution >= 4 is 12.0 Å². The van der Waals surface area contributed by atoms with Crippen LogP contribution >= 0.6 is 0 Å². The van der Waals surface area contributed by atoms with Crippen LogP contribution < -0.4 is 0 Å². The predicted molar refractivity (Wildman–Crippen MR) is 62.5 cm³/mol. The van der Waals surface area contributed by atoms with E-state index in [1.54, 1.807) is 20.8 Å². The van der Waals surface area contributed by atoms with E-state index in [1.807, 2.05) is 0 Å². The Morgan fingerprint density at radius 1 is 1.29 bits per heavy atom. The van der Waals surface area contributed by atoms with Crippen LogP contribution in [0.3, 0.4) is 0 Å². The van der Waals surface area contributed by atoms with Gasteiger partial charge in [-0.3, -0.25) is 9.69 Å². The number of imide groups is 1. The summed E-state index contributed by atoms with van der Waals surface area (Å²) in [5, 5.41) is 0. The minimum Gasteiger partial charge on any atom is -0.443 e. The largest absolute Gasteiger partial charge is 0.443 e. The fourth-order valence-corrected chi connectivity index (χ4v) is 2.39. The first-order valence-electron chi connectivity index (χ1n) is 6.17. The molecule has 0 aromatic rings. The van der Waals surface area contributed by atoms with E-state index in [1.165, 1.54) is 4.90 Å². The monoisotopic (exact) mass is 240 g/mol. The number of carbonyl (C=O) groups is 2. The molecule has 0 aromatic carbocycles. The molecule has 0 aromatic heterocycles. The van der Waals surface area contributed by atoms with Crippen molar-refractivity contribution in [2.24, 2.45) is 0 Å². The van der Waals surface area contributed by atoms with E-state index in [4.69, 9.17) is 4.74 Å². The van der Waals surface area contributed by atoms with Gasteiger partial charge in [-0.05, 0) is 40.2 Å². The number of rotatable bonds is 0. The molecular weight excluding hydrogens is 220 g/mol. The molecule has 96 valence electrons. The number of amides is 2. The molecule has 0 radical (unpaired) electrons. The number of nitrogens with zero attached hydrogens (tertiary/aromatic N) is 2. The standard InChI is InChI=1S/C12H20N2O3/c1-12(2,3)17-11(16)14-8-7-13-6-4-5-9(13)10(14)15/h9H,4-8H2,1-3H3. The minimum atomic E-state index is -0.551. The van der Waals surface area contributed by atoms with Crippen LogP contribution in [0.4, 0.5) is 4.79 Å². The van der Waals surface area contributed by atoms with E-state index in [9.17, 15) is 9.59 Å². The average Bonchev–Trinajstić information content (AvgIpc) is 2.63. The van der Waals surface area contributed by atoms with Crippen molar-refractivity contribution in [1.29, 1.82) is 0 Å². The molecule has 2 saturated heterocycles. The average molecular weight is 240 g/mol. The molecule has 0 spiro atoms. The molecule has 2 heterocycles. The maximum Gasteiger partial charge on any atom is 0.417 e. The molecule has 1 atom stereocenters. The lowest BCUT2D eigenvalue weighted by atomic mass is 10.1. The number of carbonyl (C=O) groups excluding carboxylic acids is 2. The third-order valence-electron chi connectivity index (χ3n) is 3.14. The number of ether oxygens (including phenoxy) is 1. The lowest BCUT2D eigenvalue weighted by Crippen LogP contribution is -2.56. The van der Waals surface area contributed by atoms with Crippen LogP contribution in [0.1, 0.15) is 33.6 Å². The van der Waals surface area contributed by atoms with Gasteiger partial charge in [-0.1, -0.05) is 0 Å². The highest BCUT2D eigenvalue weighted by Gasteiger charge is 2.41. The molecule has 2 fully saturated rings. The molecule has 2 rings (SSSR count). The van der Waals surface area contributed by atoms with Gasteiger partial charge in [0.05, 0.1) is 6.04 Å². The first-order valence-corrected chi connectivity index (χ1v) is 6.17. The lowest BCUT2D eigenvalue weighted by Gasteiger charge is -2.36. The Morgan fingerprint density at radius 2 is 2.00 bits per heavy atom. The van der Waals surface area contributed by atoms with Crippen molar-refractivity contribution in [2.45, 2.75) is 45.3 Å². The Hall–Kier alpha value is -1.10. The third-order valence-corrected chi connectivity index (χ3v) is 3.14. The Bertz CT molecular complexity index is 335. The van der Waals surface area contributed by atoms with Gasteiger partial charge in [0.15, 0.2) is 0 Å². The van der Waals surface area contributed by atoms with Crippen LogP contribution in [0.2, 0.25) is 0 Å². The topological polar surface area (TPSA) is 49.9 Å². The molecule has 2 aliphatic heterocycles. The smallest absolute Gasteiger partial charge is 0.417 e. The molecule has 2 aliphatic rings. The fourth-order valence-electron chi connectivity index (χ4n) is 2.39. The summed E-state index contributed by atoms with van der Waals surface area (Å²) in [4.78, 5) is 27.4. The molecule has 5 heteroatoms. The summed E-state index contributed by atoms with van der Waals surface area (Å²) in [6.45, 7) is 7.61. The highest BCUT2D eigenvalue weighted by atomic mass is 16.6. The van der Waals surface area contributed by atoms with Crippen LogP contribution in [-0.2, 0) is 9.53 Å². The highest BCUT2D eigenvalue weighted by Crippen LogP contribution is 2.23. The predicted octanol–water partition coefficient (Wildman–Crippen LogP) is 1.23. The van der Waals surface area contributed by atoms with E-state index in [0.29, 0.717) is 6.54 Å². The molecule has 0 bridgehead atoms. The first-order chi connectivity index (χ1) is 7.88. The van der Waals surface area contributed by atoms with E-state index >= 15 is 0 Å². The van der Waals surface area contributed by atoms with E-state index in [2.05, 4.69) is 4.90 Å². The third kappa shape index (κ3) is 2.60. The van der Waals surface area contributed by atoms with Crippen molar-refractivity contribution < 1.29 is 14.3 Å². The van der Waals surface area contributed by atoms with Crippen molar-refractivity contribution in [3.8, 4) is 0 Å². The molecule has 1 unspecified atom stereocenters. The van der Waals surface area contributed by atoms with Gasteiger partial charge in [0, 0.05) is 13.1 Å². The lowest BCUT2D eigenvalue weighted by molar-refractivity contribution is -0.138. The maximum atomic E-state index is 12.1. The summed E-state index contributed by atoms with van der Waals surface area (Å²) in [5.41, 5.74) is -0.551. The van der Waals surface area contributed by atoms with Gasteiger partial charge < -0.3 is 4.74 Å². The normalized spacial score (nSPS) is 25.9. The van der Waals surface area contributed by atoms with Crippen LogP contribution in [0.25, 0.3) is 0 Å². The van der Waals surface area contributed by atoms with Crippen molar-refractivity contribution in [1.82, 2.24) is 9.80 Å². The van der Waals surface area contributed by atoms with Gasteiger partial charge in [-0.15, -0.1) is 0 Å². The van der Waals surface area contributed by atoms with Gasteiger partial charge in [0.25, 0.3) is 0 Å². The highest BCUT2D eigenvalue weighted by molar-refractivity contribution is 5.95. The first kappa shape index (κ1) is 12.4. The zero-order chi connectivity index (χ0) is 12.6. The summed E-state index contributed by atoms with van der Waals surface area (Å²) in [7, 11) is 0. The second-order valence-electron chi connectivity index (χ2n) is 5.66. The van der Waals surface area contributed by atoms with Crippen molar-refractivity contribution in [3.05, 3.63) is 0 Å². The molecule has 0 N–H and O–H groups in total. The molecule has 0 aliphatic carbocycles. The Balaban J connectivity index is 2.02. The van der Waals surface area contributed by atoms with Gasteiger partial charge >= 0.3 is 6.09 Å². The second kappa shape index (κ2) is 4.29. The number of hydrogen-bond donors (Lipinski definition) is 0. The summed E-state index contributed by atoms with van der Waals surface area (Å²) in [5.74, 6) is -0.0944. The maximum absolute atomic E-state index is 12.1. The molecule has 17 heavy (non-hydrogen) atoms. The van der Waals surface area contributed by atoms with Gasteiger partial charge in [-0.2, -0.15) is 0 Å². The zero-order valence-corrected chi connectivity index (χ0v) is 10.7. The Labute approximate surface area is 102 Å². The van der Waals surface area contributed by atoms with Gasteiger partial charge in [0.2, 0.25) is 5.91 Å². The Morgan fingerprint density at radius 3 is 2.65 bits per heavy atom. The van der Waals surface area contributed by atoms with Crippen molar-refractivity contribution in [3.63, 3.8) is 0 Å². The Kier molecular flexibility index (Phi) is 3.12. The summed E-state index contributed by atoms with van der Waals surface area (Å²) in [6, 6.07) is -0.101. The number of piperazine rings is 1. The van der Waals surface area contributed by atoms with Gasteiger partial charge in [-0.25, -0.2) is 9.69 Å². The zero-order valence-electron chi connectivity index (χ0n) is 10.7. The SMILES string of the molecule is CC(C)(C)OC(=O)N1CCN2CCCC2C1=O. The van der Waals surface area contributed by atoms with E-state index < -0.39 is 11.7 Å². The number of hydrogen-bond acceptors (Lipinski definition) is 4. The van der Waals surface area contributed by atoms with Crippen LogP contribution in [-0.4, -0.2) is 53.1 Å². The minimum absolute atomic E-state index is 0.0944. The number of fused-ring (bicyclic) bond motifs is 1. The van der Waals surface area contributed by atoms with E-state index in [0.717, 1.165) is 25.9 Å². The molecule has 0 saturated carbocycles. The van der Waals surface area contributed by atoms with Crippen molar-refractivity contribution in [2.75, 3.05) is 19.6 Å². The quantitative estimate of drug-likeness (QED) is 0.639. The molecule has 5 nitrogen and oxygen atoms in total. The van der Waals surface area contributed by atoms with Crippen LogP contribution in [0.15, 0.2) is 0 Å². The van der Waals surface area contributed by atoms with Crippen LogP contribution in [0, 0.1) is 0 Å². The van der Waals surface area contributed by atoms with E-state index in [-0.39, 0.29) is 11.9 Å². The van der Waals surface area contributed by atoms with Gasteiger partial charge in [0.1, 0.15) is 5.60 Å². The fraction of sp³-hybridized carbons (Fsp3) is 0.833. The summed E-state index contributed by atoms with van der Waals surface area (Å²) < 4.78 is 5.24.